The number of nitrogens with zero attached hydrogens (tertiary/aromatic N) is 4. The zero-order valence-electron chi connectivity index (χ0n) is 22.2. The molecule has 0 spiro atoms. The predicted molar refractivity (Wildman–Crippen MR) is 140 cm³/mol. The summed E-state index contributed by atoms with van der Waals surface area (Å²) in [5, 5.41) is 26.4. The molecule has 2 aliphatic carbocycles. The summed E-state index contributed by atoms with van der Waals surface area (Å²) in [6.07, 6.45) is 3.97. The molecule has 5 amide bonds. The van der Waals surface area contributed by atoms with Gasteiger partial charge in [-0.25, -0.2) is 19.4 Å². The molecule has 0 bridgehead atoms. The highest BCUT2D eigenvalue weighted by molar-refractivity contribution is 6.14. The molecule has 3 fully saturated rings. The maximum Gasteiger partial charge on any atom is 0.490 e. The first-order valence-corrected chi connectivity index (χ1v) is 12.8. The van der Waals surface area contributed by atoms with E-state index in [1.54, 1.807) is 35.8 Å². The van der Waals surface area contributed by atoms with Crippen LogP contribution in [0.5, 0.6) is 0 Å². The average Bonchev–Trinajstić information content (AvgIpc) is 3.53. The van der Waals surface area contributed by atoms with Crippen LogP contribution in [0.15, 0.2) is 18.0 Å². The van der Waals surface area contributed by atoms with Crippen LogP contribution in [-0.2, 0) is 9.59 Å². The molecule has 2 aromatic rings. The fraction of sp³-hybridized carbons (Fsp3) is 0.500. The number of imide groups is 1. The molecule has 1 aliphatic heterocycles. The predicted octanol–water partition coefficient (Wildman–Crippen LogP) is 2.11. The lowest BCUT2D eigenvalue weighted by Gasteiger charge is -2.30. The van der Waals surface area contributed by atoms with Gasteiger partial charge >= 0.3 is 24.2 Å². The van der Waals surface area contributed by atoms with Crippen molar-refractivity contribution in [2.45, 2.75) is 62.8 Å². The van der Waals surface area contributed by atoms with Crippen LogP contribution in [0.3, 0.4) is 0 Å². The van der Waals surface area contributed by atoms with Gasteiger partial charge in [0.2, 0.25) is 0 Å². The molecule has 5 rings (SSSR count). The van der Waals surface area contributed by atoms with Crippen molar-refractivity contribution in [2.24, 2.45) is 0 Å². The number of hydrogen-bond donors (Lipinski definition) is 6. The summed E-state index contributed by atoms with van der Waals surface area (Å²) in [6, 6.07) is 2.18. The second-order valence-corrected chi connectivity index (χ2v) is 10.1. The summed E-state index contributed by atoms with van der Waals surface area (Å²) in [7, 11) is 3.48. The smallest absolute Gasteiger partial charge is 0.475 e. The van der Waals surface area contributed by atoms with Crippen molar-refractivity contribution in [2.75, 3.05) is 24.7 Å². The summed E-state index contributed by atoms with van der Waals surface area (Å²) < 4.78 is 33.5. The Kier molecular flexibility index (Phi) is 8.53. The fourth-order valence-corrected chi connectivity index (χ4v) is 4.23. The minimum atomic E-state index is -5.08. The zero-order chi connectivity index (χ0) is 29.9. The SMILES string of the molecule is CN(C)C(=O)NC1CCC(Nc2cc(NC3CC3)n3ncc(C=C4NC(=O)NC4=O)c3n2)CC1.O=C(O)C(F)(F)F. The number of carboxylic acids is 1. The van der Waals surface area contributed by atoms with E-state index in [9.17, 15) is 27.6 Å². The molecule has 0 radical (unpaired) electrons. The molecule has 0 aromatic carbocycles. The second kappa shape index (κ2) is 11.9. The quantitative estimate of drug-likeness (QED) is 0.220. The number of aliphatic carboxylic acids is 1. The summed E-state index contributed by atoms with van der Waals surface area (Å²) in [5.41, 5.74) is 1.38. The van der Waals surface area contributed by atoms with Crippen molar-refractivity contribution in [3.05, 3.63) is 23.5 Å². The molecule has 3 aliphatic rings. The number of carboxylic acid groups (broad SMARTS) is 1. The number of aromatic nitrogens is 3. The molecule has 17 heteroatoms. The van der Waals surface area contributed by atoms with Crippen LogP contribution in [0.25, 0.3) is 11.7 Å². The van der Waals surface area contributed by atoms with Gasteiger partial charge in [0.25, 0.3) is 5.91 Å². The molecular weight excluding hydrogens is 551 g/mol. The maximum absolute atomic E-state index is 12.0. The lowest BCUT2D eigenvalue weighted by molar-refractivity contribution is -0.192. The molecule has 222 valence electrons. The Morgan fingerprint density at radius 1 is 1.05 bits per heavy atom. The van der Waals surface area contributed by atoms with Gasteiger partial charge in [-0.3, -0.25) is 10.1 Å². The molecule has 41 heavy (non-hydrogen) atoms. The van der Waals surface area contributed by atoms with E-state index in [-0.39, 0.29) is 23.8 Å². The van der Waals surface area contributed by atoms with Gasteiger partial charge in [-0.05, 0) is 44.6 Å². The summed E-state index contributed by atoms with van der Waals surface area (Å²) in [4.78, 5) is 50.6. The van der Waals surface area contributed by atoms with Crippen molar-refractivity contribution >= 4 is 47.3 Å². The standard InChI is InChI=1S/C22H29N9O3.C2HF3O2/c1-30(2)22(34)26-15-7-3-13(4-8-15)24-17-10-18(25-14-5-6-14)31-19(28-17)12(11-23-31)9-16-20(32)29-21(33)27-16;3-2(4,5)1(6)7/h9-11,13-15,25H,3-8H2,1-2H3,(H,24,28)(H,26,34)(H2,27,29,32,33);(H,6,7). The second-order valence-electron chi connectivity index (χ2n) is 10.1. The van der Waals surface area contributed by atoms with E-state index in [2.05, 4.69) is 31.7 Å². The van der Waals surface area contributed by atoms with Crippen molar-refractivity contribution in [3.8, 4) is 0 Å². The van der Waals surface area contributed by atoms with Gasteiger partial charge in [0, 0.05) is 43.9 Å². The number of amides is 5. The van der Waals surface area contributed by atoms with Crippen molar-refractivity contribution in [1.82, 2.24) is 35.4 Å². The van der Waals surface area contributed by atoms with Crippen molar-refractivity contribution in [3.63, 3.8) is 0 Å². The number of urea groups is 2. The van der Waals surface area contributed by atoms with E-state index in [1.165, 1.54) is 0 Å². The van der Waals surface area contributed by atoms with Crippen molar-refractivity contribution in [1.29, 1.82) is 0 Å². The fourth-order valence-electron chi connectivity index (χ4n) is 4.23. The number of carbonyl (C=O) groups excluding carboxylic acids is 3. The lowest BCUT2D eigenvalue weighted by Crippen LogP contribution is -2.44. The van der Waals surface area contributed by atoms with Crippen LogP contribution in [0.2, 0.25) is 0 Å². The Hall–Kier alpha value is -4.57. The summed E-state index contributed by atoms with van der Waals surface area (Å²) in [5.74, 6) is -1.69. The van der Waals surface area contributed by atoms with E-state index in [4.69, 9.17) is 14.9 Å². The Labute approximate surface area is 231 Å². The van der Waals surface area contributed by atoms with Gasteiger partial charge < -0.3 is 31.3 Å². The van der Waals surface area contributed by atoms with Crippen LogP contribution < -0.4 is 26.6 Å². The lowest BCUT2D eigenvalue weighted by atomic mass is 9.91. The van der Waals surface area contributed by atoms with E-state index in [0.717, 1.165) is 50.2 Å². The zero-order valence-corrected chi connectivity index (χ0v) is 22.2. The number of anilines is 2. The molecule has 1 saturated heterocycles. The van der Waals surface area contributed by atoms with Gasteiger partial charge in [0.15, 0.2) is 5.65 Å². The number of halogens is 3. The number of alkyl halides is 3. The van der Waals surface area contributed by atoms with Gasteiger partial charge in [-0.1, -0.05) is 0 Å². The van der Waals surface area contributed by atoms with E-state index >= 15 is 0 Å². The maximum atomic E-state index is 12.0. The highest BCUT2D eigenvalue weighted by Gasteiger charge is 2.38. The largest absolute Gasteiger partial charge is 0.490 e. The molecule has 0 atom stereocenters. The third-order valence-corrected chi connectivity index (χ3v) is 6.50. The number of hydrogen-bond acceptors (Lipinski definition) is 8. The van der Waals surface area contributed by atoms with Crippen LogP contribution >= 0.6 is 0 Å². The van der Waals surface area contributed by atoms with Gasteiger partial charge in [-0.2, -0.15) is 22.8 Å². The number of carbonyl (C=O) groups is 4. The number of nitrogens with one attached hydrogen (secondary N) is 5. The molecule has 3 heterocycles. The minimum absolute atomic E-state index is 0.0613. The number of fused-ring (bicyclic) bond motifs is 1. The Bertz CT molecular complexity index is 1360. The highest BCUT2D eigenvalue weighted by atomic mass is 19.4. The highest BCUT2D eigenvalue weighted by Crippen LogP contribution is 2.29. The van der Waals surface area contributed by atoms with Crippen LogP contribution in [-0.4, -0.2) is 86.9 Å². The van der Waals surface area contributed by atoms with E-state index in [0.29, 0.717) is 17.3 Å². The topological polar surface area (TPSA) is 182 Å². The normalized spacial score (nSPS) is 21.4. The summed E-state index contributed by atoms with van der Waals surface area (Å²) in [6.45, 7) is 0. The average molecular weight is 582 g/mol. The van der Waals surface area contributed by atoms with E-state index < -0.39 is 24.1 Å². The van der Waals surface area contributed by atoms with Crippen LogP contribution in [0.4, 0.5) is 34.4 Å². The van der Waals surface area contributed by atoms with Crippen LogP contribution in [0.1, 0.15) is 44.1 Å². The van der Waals surface area contributed by atoms with Gasteiger partial charge in [0.05, 0.1) is 6.20 Å². The molecule has 2 saturated carbocycles. The first-order valence-electron chi connectivity index (χ1n) is 12.8. The number of rotatable bonds is 6. The Morgan fingerprint density at radius 3 is 2.17 bits per heavy atom. The van der Waals surface area contributed by atoms with Gasteiger partial charge in [0.1, 0.15) is 17.3 Å². The molecule has 0 unspecified atom stereocenters. The molecule has 2 aromatic heterocycles. The molecule has 14 nitrogen and oxygen atoms in total. The summed E-state index contributed by atoms with van der Waals surface area (Å²) >= 11 is 0. The third-order valence-electron chi connectivity index (χ3n) is 6.50. The Balaban J connectivity index is 0.000000493. The van der Waals surface area contributed by atoms with E-state index in [1.807, 2.05) is 6.07 Å². The van der Waals surface area contributed by atoms with Crippen LogP contribution in [0, 0.1) is 0 Å². The Morgan fingerprint density at radius 2 is 1.63 bits per heavy atom. The molecule has 6 N–H and O–H groups in total. The minimum Gasteiger partial charge on any atom is -0.475 e. The molecular formula is C24H30F3N9O5. The first-order chi connectivity index (χ1) is 19.3. The monoisotopic (exact) mass is 581 g/mol. The first kappa shape index (κ1) is 29.4. The third kappa shape index (κ3) is 7.76. The van der Waals surface area contributed by atoms with Crippen molar-refractivity contribution < 1.29 is 37.5 Å². The van der Waals surface area contributed by atoms with Gasteiger partial charge in [-0.15, -0.1) is 0 Å².